The Kier molecular flexibility index (Phi) is 5.96. The van der Waals surface area contributed by atoms with E-state index < -0.39 is 10.0 Å². The van der Waals surface area contributed by atoms with Crippen molar-refractivity contribution in [1.82, 2.24) is 14.9 Å². The van der Waals surface area contributed by atoms with E-state index in [2.05, 4.69) is 28.8 Å². The summed E-state index contributed by atoms with van der Waals surface area (Å²) in [6.45, 7) is 6.34. The highest BCUT2D eigenvalue weighted by Gasteiger charge is 2.22. The number of hydrogen-bond acceptors (Lipinski definition) is 4. The van der Waals surface area contributed by atoms with Gasteiger partial charge in [0, 0.05) is 18.2 Å². The molecule has 0 amide bonds. The first-order valence-corrected chi connectivity index (χ1v) is 8.09. The molecule has 0 aliphatic heterocycles. The lowest BCUT2D eigenvalue weighted by Crippen LogP contribution is -2.33. The molecular weight excluding hydrogens is 264 g/mol. The second-order valence-corrected chi connectivity index (χ2v) is 6.93. The molecule has 4 N–H and O–H groups in total. The Balaban J connectivity index is 2.60. The number of aromatic nitrogens is 2. The van der Waals surface area contributed by atoms with Crippen LogP contribution in [0.25, 0.3) is 0 Å². The van der Waals surface area contributed by atoms with Gasteiger partial charge < -0.3 is 5.73 Å². The van der Waals surface area contributed by atoms with Crippen LogP contribution in [0.3, 0.4) is 0 Å². The maximum atomic E-state index is 12.1. The molecule has 1 aromatic rings. The summed E-state index contributed by atoms with van der Waals surface area (Å²) in [6, 6.07) is -0.0994. The van der Waals surface area contributed by atoms with Gasteiger partial charge in [-0.05, 0) is 19.3 Å². The second-order valence-electron chi connectivity index (χ2n) is 5.28. The predicted molar refractivity (Wildman–Crippen MR) is 75.0 cm³/mol. The first kappa shape index (κ1) is 16.1. The van der Waals surface area contributed by atoms with Gasteiger partial charge in [-0.25, -0.2) is 13.1 Å². The Morgan fingerprint density at radius 1 is 1.37 bits per heavy atom. The quantitative estimate of drug-likeness (QED) is 0.672. The van der Waals surface area contributed by atoms with Crippen LogP contribution in [0.2, 0.25) is 0 Å². The van der Waals surface area contributed by atoms with Gasteiger partial charge in [-0.2, -0.15) is 5.10 Å². The van der Waals surface area contributed by atoms with E-state index >= 15 is 0 Å². The molecule has 0 spiro atoms. The highest BCUT2D eigenvalue weighted by molar-refractivity contribution is 7.89. The van der Waals surface area contributed by atoms with E-state index in [4.69, 9.17) is 5.73 Å². The van der Waals surface area contributed by atoms with Crippen LogP contribution >= 0.6 is 0 Å². The molecule has 0 bridgehead atoms. The van der Waals surface area contributed by atoms with Gasteiger partial charge in [0.25, 0.3) is 10.0 Å². The van der Waals surface area contributed by atoms with Crippen LogP contribution in [-0.2, 0) is 16.6 Å². The zero-order valence-electron chi connectivity index (χ0n) is 11.8. The Morgan fingerprint density at radius 3 is 2.63 bits per heavy atom. The number of nitrogens with two attached hydrogens (primary N) is 1. The average molecular weight is 288 g/mol. The minimum absolute atomic E-state index is 0.0747. The van der Waals surface area contributed by atoms with E-state index in [1.54, 1.807) is 0 Å². The highest BCUT2D eigenvalue weighted by Crippen LogP contribution is 2.13. The molecule has 7 heteroatoms. The number of hydrogen-bond donors (Lipinski definition) is 3. The molecule has 0 fully saturated rings. The normalized spacial score (nSPS) is 13.9. The Morgan fingerprint density at radius 2 is 2.05 bits per heavy atom. The molecule has 6 nitrogen and oxygen atoms in total. The Hall–Kier alpha value is -0.920. The van der Waals surface area contributed by atoms with Gasteiger partial charge in [0.15, 0.2) is 5.03 Å². The summed E-state index contributed by atoms with van der Waals surface area (Å²) >= 11 is 0. The summed E-state index contributed by atoms with van der Waals surface area (Å²) < 4.78 is 26.9. The fourth-order valence-electron chi connectivity index (χ4n) is 1.89. The van der Waals surface area contributed by atoms with Gasteiger partial charge in [0.1, 0.15) is 0 Å². The topological polar surface area (TPSA) is 101 Å². The van der Waals surface area contributed by atoms with Crippen LogP contribution in [0.5, 0.6) is 0 Å². The second kappa shape index (κ2) is 7.02. The molecule has 0 aromatic carbocycles. The zero-order valence-corrected chi connectivity index (χ0v) is 12.6. The van der Waals surface area contributed by atoms with E-state index in [9.17, 15) is 8.42 Å². The maximum absolute atomic E-state index is 12.1. The average Bonchev–Trinajstić information content (AvgIpc) is 2.76. The van der Waals surface area contributed by atoms with E-state index in [1.165, 1.54) is 6.20 Å². The molecule has 0 aliphatic rings. The van der Waals surface area contributed by atoms with E-state index in [1.807, 2.05) is 6.92 Å². The van der Waals surface area contributed by atoms with Gasteiger partial charge in [0.2, 0.25) is 0 Å². The fraction of sp³-hybridized carbons (Fsp3) is 0.750. The first-order valence-electron chi connectivity index (χ1n) is 6.61. The van der Waals surface area contributed by atoms with Gasteiger partial charge >= 0.3 is 0 Å². The SMILES string of the molecule is CC(C)CCCC(C)NS(=O)(=O)c1[nH]ncc1CN. The van der Waals surface area contributed by atoms with E-state index in [0.29, 0.717) is 11.5 Å². The van der Waals surface area contributed by atoms with Crippen molar-refractivity contribution >= 4 is 10.0 Å². The molecule has 0 radical (unpaired) electrons. The van der Waals surface area contributed by atoms with E-state index in [0.717, 1.165) is 19.3 Å². The number of aromatic amines is 1. The smallest absolute Gasteiger partial charge is 0.258 e. The van der Waals surface area contributed by atoms with Crippen LogP contribution in [0.15, 0.2) is 11.2 Å². The summed E-state index contributed by atoms with van der Waals surface area (Å²) in [6.07, 6.45) is 4.37. The van der Waals surface area contributed by atoms with Crippen LogP contribution in [0.1, 0.15) is 45.6 Å². The van der Waals surface area contributed by atoms with Crippen LogP contribution in [0, 0.1) is 5.92 Å². The Bertz CT molecular complexity index is 482. The van der Waals surface area contributed by atoms with E-state index in [-0.39, 0.29) is 17.6 Å². The first-order chi connectivity index (χ1) is 8.86. The molecule has 1 atom stereocenters. The molecule has 19 heavy (non-hydrogen) atoms. The van der Waals surface area contributed by atoms with Gasteiger partial charge in [-0.15, -0.1) is 0 Å². The fourth-order valence-corrected chi connectivity index (χ4v) is 3.31. The largest absolute Gasteiger partial charge is 0.326 e. The summed E-state index contributed by atoms with van der Waals surface area (Å²) in [5, 5.41) is 6.30. The molecule has 0 saturated carbocycles. The van der Waals surface area contributed by atoms with Crippen molar-refractivity contribution in [2.45, 2.75) is 57.6 Å². The van der Waals surface area contributed by atoms with Crippen molar-refractivity contribution in [3.05, 3.63) is 11.8 Å². The van der Waals surface area contributed by atoms with Crippen molar-refractivity contribution in [2.75, 3.05) is 0 Å². The number of sulfonamides is 1. The minimum atomic E-state index is -3.56. The molecule has 110 valence electrons. The number of rotatable bonds is 8. The summed E-state index contributed by atoms with van der Waals surface area (Å²) in [7, 11) is -3.56. The van der Waals surface area contributed by atoms with Crippen LogP contribution < -0.4 is 10.5 Å². The zero-order chi connectivity index (χ0) is 14.5. The molecule has 0 aliphatic carbocycles. The summed E-state index contributed by atoms with van der Waals surface area (Å²) in [4.78, 5) is 0. The molecule has 1 aromatic heterocycles. The van der Waals surface area contributed by atoms with Crippen LogP contribution in [0.4, 0.5) is 0 Å². The van der Waals surface area contributed by atoms with Crippen molar-refractivity contribution in [3.63, 3.8) is 0 Å². The monoisotopic (exact) mass is 288 g/mol. The lowest BCUT2D eigenvalue weighted by Gasteiger charge is -2.14. The lowest BCUT2D eigenvalue weighted by molar-refractivity contribution is 0.487. The molecule has 1 rings (SSSR count). The molecular formula is C12H24N4O2S. The Labute approximate surface area is 115 Å². The number of nitrogens with zero attached hydrogens (tertiary/aromatic N) is 1. The number of nitrogens with one attached hydrogen (secondary N) is 2. The van der Waals surface area contributed by atoms with Crippen molar-refractivity contribution < 1.29 is 8.42 Å². The van der Waals surface area contributed by atoms with Crippen molar-refractivity contribution in [1.29, 1.82) is 0 Å². The summed E-state index contributed by atoms with van der Waals surface area (Å²) in [5.74, 6) is 0.639. The standard InChI is InChI=1S/C12H24N4O2S/c1-9(2)5-4-6-10(3)16-19(17,18)12-11(7-13)8-14-15-12/h8-10,16H,4-7,13H2,1-3H3,(H,14,15). The lowest BCUT2D eigenvalue weighted by atomic mass is 10.0. The van der Waals surface area contributed by atoms with Crippen molar-refractivity contribution in [3.8, 4) is 0 Å². The maximum Gasteiger partial charge on any atom is 0.258 e. The molecule has 1 heterocycles. The van der Waals surface area contributed by atoms with Gasteiger partial charge in [-0.1, -0.05) is 26.7 Å². The van der Waals surface area contributed by atoms with Crippen molar-refractivity contribution in [2.24, 2.45) is 11.7 Å². The predicted octanol–water partition coefficient (Wildman–Crippen LogP) is 1.36. The molecule has 0 saturated heterocycles. The van der Waals surface area contributed by atoms with Gasteiger partial charge in [-0.3, -0.25) is 5.10 Å². The summed E-state index contributed by atoms with van der Waals surface area (Å²) in [5.41, 5.74) is 5.99. The third-order valence-corrected chi connectivity index (χ3v) is 4.55. The van der Waals surface area contributed by atoms with Crippen LogP contribution in [-0.4, -0.2) is 24.7 Å². The minimum Gasteiger partial charge on any atom is -0.326 e. The molecule has 1 unspecified atom stereocenters. The third-order valence-electron chi connectivity index (χ3n) is 2.94. The third kappa shape index (κ3) is 4.93. The highest BCUT2D eigenvalue weighted by atomic mass is 32.2. The number of H-pyrrole nitrogens is 1. The van der Waals surface area contributed by atoms with Gasteiger partial charge in [0.05, 0.1) is 6.20 Å².